The van der Waals surface area contributed by atoms with Crippen LogP contribution >= 0.6 is 0 Å². The van der Waals surface area contributed by atoms with E-state index in [2.05, 4.69) is 17.6 Å². The van der Waals surface area contributed by atoms with Gasteiger partial charge in [-0.15, -0.1) is 0 Å². The highest BCUT2D eigenvalue weighted by Gasteiger charge is 2.05. The maximum Gasteiger partial charge on any atom is 0.0665 e. The quantitative estimate of drug-likeness (QED) is 0.529. The Balaban J connectivity index is 2.54. The largest absolute Gasteiger partial charge is 0.256 e. The summed E-state index contributed by atoms with van der Waals surface area (Å²) in [6.45, 7) is 3.86. The van der Waals surface area contributed by atoms with E-state index in [0.717, 1.165) is 17.7 Å². The molecule has 1 aromatic rings. The molecule has 1 heterocycles. The van der Waals surface area contributed by atoms with Crippen molar-refractivity contribution in [2.24, 2.45) is 4.99 Å². The second-order valence-corrected chi connectivity index (χ2v) is 2.72. The maximum atomic E-state index is 4.25. The maximum absolute atomic E-state index is 4.25. The highest BCUT2D eigenvalue weighted by atomic mass is 14.7. The summed E-state index contributed by atoms with van der Waals surface area (Å²) in [6.07, 6.45) is 2.78. The molecule has 1 aliphatic heterocycles. The first-order chi connectivity index (χ1) is 5.36. The van der Waals surface area contributed by atoms with Crippen molar-refractivity contribution in [3.05, 3.63) is 42.0 Å². The molecule has 0 aliphatic carbocycles. The Morgan fingerprint density at radius 2 is 2.09 bits per heavy atom. The molecular weight excluding hydrogens is 134 g/mol. The second kappa shape index (κ2) is 2.35. The minimum atomic E-state index is 0.944. The number of para-hydroxylation sites is 1. The van der Waals surface area contributed by atoms with Gasteiger partial charge < -0.3 is 0 Å². The van der Waals surface area contributed by atoms with Gasteiger partial charge in [-0.25, -0.2) is 0 Å². The summed E-state index contributed by atoms with van der Waals surface area (Å²) in [6, 6.07) is 8.16. The lowest BCUT2D eigenvalue weighted by atomic mass is 10.0. The zero-order valence-electron chi connectivity index (χ0n) is 6.25. The lowest BCUT2D eigenvalue weighted by molar-refractivity contribution is 1.19. The van der Waals surface area contributed by atoms with Crippen LogP contribution in [0.4, 0.5) is 5.69 Å². The summed E-state index contributed by atoms with van der Waals surface area (Å²) < 4.78 is 0. The van der Waals surface area contributed by atoms with E-state index < -0.39 is 0 Å². The average Bonchev–Trinajstić information content (AvgIpc) is 2.04. The third kappa shape index (κ3) is 1.09. The third-order valence-corrected chi connectivity index (χ3v) is 1.80. The first-order valence-corrected chi connectivity index (χ1v) is 3.66. The number of aliphatic imine (C=N–C) groups is 1. The van der Waals surface area contributed by atoms with E-state index in [1.54, 1.807) is 0 Å². The summed E-state index contributed by atoms with van der Waals surface area (Å²) in [5, 5.41) is 0. The highest BCUT2D eigenvalue weighted by molar-refractivity contribution is 5.84. The fourth-order valence-corrected chi connectivity index (χ4v) is 1.24. The Hall–Kier alpha value is -1.37. The number of nitrogens with zero attached hydrogens (tertiary/aromatic N) is 1. The van der Waals surface area contributed by atoms with Gasteiger partial charge in [0.2, 0.25) is 0 Å². The number of allylic oxidation sites excluding steroid dienone is 1. The van der Waals surface area contributed by atoms with Crippen molar-refractivity contribution in [1.82, 2.24) is 0 Å². The zero-order chi connectivity index (χ0) is 7.68. The van der Waals surface area contributed by atoms with Gasteiger partial charge in [-0.1, -0.05) is 24.8 Å². The Labute approximate surface area is 66.1 Å². The van der Waals surface area contributed by atoms with Crippen LogP contribution in [0.15, 0.2) is 41.4 Å². The van der Waals surface area contributed by atoms with Crippen LogP contribution in [0, 0.1) is 0 Å². The van der Waals surface area contributed by atoms with Gasteiger partial charge in [0.1, 0.15) is 0 Å². The Kier molecular flexibility index (Phi) is 1.35. The Morgan fingerprint density at radius 3 is 3.00 bits per heavy atom. The summed E-state index contributed by atoms with van der Waals surface area (Å²) in [4.78, 5) is 4.25. The number of rotatable bonds is 0. The minimum absolute atomic E-state index is 0.944. The molecule has 0 saturated carbocycles. The first-order valence-electron chi connectivity index (χ1n) is 3.66. The lowest BCUT2D eigenvalue weighted by Crippen LogP contribution is -1.95. The van der Waals surface area contributed by atoms with Crippen LogP contribution in [0.2, 0.25) is 0 Å². The van der Waals surface area contributed by atoms with Gasteiger partial charge in [0, 0.05) is 12.6 Å². The van der Waals surface area contributed by atoms with Gasteiger partial charge in [0.25, 0.3) is 0 Å². The van der Waals surface area contributed by atoms with E-state index in [-0.39, 0.29) is 0 Å². The molecule has 0 aromatic heterocycles. The van der Waals surface area contributed by atoms with Crippen LogP contribution < -0.4 is 0 Å². The molecule has 1 heteroatoms. The molecule has 0 saturated heterocycles. The normalized spacial score (nSPS) is 14.7. The molecule has 1 aliphatic rings. The van der Waals surface area contributed by atoms with E-state index in [9.17, 15) is 0 Å². The van der Waals surface area contributed by atoms with Gasteiger partial charge in [0.05, 0.1) is 5.69 Å². The van der Waals surface area contributed by atoms with E-state index >= 15 is 0 Å². The van der Waals surface area contributed by atoms with E-state index in [1.807, 2.05) is 24.4 Å². The molecule has 0 N–H and O–H groups in total. The van der Waals surface area contributed by atoms with Crippen molar-refractivity contribution in [1.29, 1.82) is 0 Å². The second-order valence-electron chi connectivity index (χ2n) is 2.72. The minimum Gasteiger partial charge on any atom is -0.256 e. The zero-order valence-corrected chi connectivity index (χ0v) is 6.25. The number of hydrogen-bond donors (Lipinski definition) is 0. The monoisotopic (exact) mass is 143 g/mol. The summed E-state index contributed by atoms with van der Waals surface area (Å²) >= 11 is 0. The molecule has 2 rings (SSSR count). The highest BCUT2D eigenvalue weighted by Crippen LogP contribution is 2.24. The summed E-state index contributed by atoms with van der Waals surface area (Å²) in [5.41, 5.74) is 3.45. The van der Waals surface area contributed by atoms with Crippen molar-refractivity contribution in [3.63, 3.8) is 0 Å². The lowest BCUT2D eigenvalue weighted by Gasteiger charge is -2.09. The number of fused-ring (bicyclic) bond motifs is 1. The molecule has 11 heavy (non-hydrogen) atoms. The molecule has 0 atom stereocenters. The predicted octanol–water partition coefficient (Wildman–Crippen LogP) is 2.50. The topological polar surface area (TPSA) is 12.4 Å². The van der Waals surface area contributed by atoms with Crippen LogP contribution in [-0.4, -0.2) is 6.21 Å². The van der Waals surface area contributed by atoms with Crippen molar-refractivity contribution in [2.45, 2.75) is 6.42 Å². The van der Waals surface area contributed by atoms with E-state index in [0.29, 0.717) is 0 Å². The van der Waals surface area contributed by atoms with Crippen LogP contribution in [0.1, 0.15) is 5.56 Å². The van der Waals surface area contributed by atoms with E-state index in [4.69, 9.17) is 0 Å². The molecule has 0 spiro atoms. The van der Waals surface area contributed by atoms with Gasteiger partial charge in [-0.2, -0.15) is 0 Å². The van der Waals surface area contributed by atoms with Crippen LogP contribution in [-0.2, 0) is 6.42 Å². The van der Waals surface area contributed by atoms with Crippen molar-refractivity contribution < 1.29 is 0 Å². The van der Waals surface area contributed by atoms with Gasteiger partial charge in [-0.05, 0) is 17.2 Å². The molecule has 0 radical (unpaired) electrons. The molecule has 0 bridgehead atoms. The van der Waals surface area contributed by atoms with Crippen LogP contribution in [0.3, 0.4) is 0 Å². The molecular formula is C10H9N. The van der Waals surface area contributed by atoms with Gasteiger partial charge >= 0.3 is 0 Å². The SMILES string of the molecule is C=C1C=Nc2ccccc2C1. The Morgan fingerprint density at radius 1 is 1.27 bits per heavy atom. The van der Waals surface area contributed by atoms with Crippen LogP contribution in [0.25, 0.3) is 0 Å². The molecule has 1 aromatic carbocycles. The molecule has 54 valence electrons. The molecule has 0 amide bonds. The predicted molar refractivity (Wildman–Crippen MR) is 47.4 cm³/mol. The van der Waals surface area contributed by atoms with Gasteiger partial charge in [-0.3, -0.25) is 4.99 Å². The third-order valence-electron chi connectivity index (χ3n) is 1.80. The number of benzene rings is 1. The average molecular weight is 143 g/mol. The van der Waals surface area contributed by atoms with E-state index in [1.165, 1.54) is 5.56 Å². The smallest absolute Gasteiger partial charge is 0.0665 e. The van der Waals surface area contributed by atoms with Crippen molar-refractivity contribution in [2.75, 3.05) is 0 Å². The summed E-state index contributed by atoms with van der Waals surface area (Å²) in [7, 11) is 0. The molecule has 1 nitrogen and oxygen atoms in total. The number of hydrogen-bond acceptors (Lipinski definition) is 1. The Bertz CT molecular complexity index is 323. The standard InChI is InChI=1S/C10H9N/c1-8-6-9-4-2-3-5-10(9)11-7-8/h2-5,7H,1,6H2. The molecule has 0 fully saturated rings. The van der Waals surface area contributed by atoms with Crippen molar-refractivity contribution >= 4 is 11.9 Å². The summed E-state index contributed by atoms with van der Waals surface area (Å²) in [5.74, 6) is 0. The van der Waals surface area contributed by atoms with Gasteiger partial charge in [0.15, 0.2) is 0 Å². The molecule has 0 unspecified atom stereocenters. The van der Waals surface area contributed by atoms with Crippen LogP contribution in [0.5, 0.6) is 0 Å². The van der Waals surface area contributed by atoms with Crippen molar-refractivity contribution in [3.8, 4) is 0 Å². The fourth-order valence-electron chi connectivity index (χ4n) is 1.24. The first kappa shape index (κ1) is 6.35. The fraction of sp³-hybridized carbons (Fsp3) is 0.100.